The fraction of sp³-hybridized carbons (Fsp3) is 1.00. The van der Waals surface area contributed by atoms with E-state index < -0.39 is 14.9 Å². The molecule has 0 bridgehead atoms. The third kappa shape index (κ3) is 14.4. The van der Waals surface area contributed by atoms with E-state index >= 15 is 0 Å². The predicted octanol–water partition coefficient (Wildman–Crippen LogP) is 6.27. The van der Waals surface area contributed by atoms with Gasteiger partial charge in [0.25, 0.3) is 10.1 Å². The lowest BCUT2D eigenvalue weighted by Gasteiger charge is -2.39. The molecule has 0 heterocycles. The normalized spacial score (nSPS) is 12.8. The minimum absolute atomic E-state index is 0.158. The minimum atomic E-state index is -4.11. The summed E-state index contributed by atoms with van der Waals surface area (Å²) in [6.45, 7) is 17.5. The Bertz CT molecular complexity index is 435. The summed E-state index contributed by atoms with van der Waals surface area (Å²) in [5.41, 5.74) is 0. The van der Waals surface area contributed by atoms with Crippen molar-refractivity contribution in [2.45, 2.75) is 97.7 Å². The molecule has 0 atom stereocenters. The van der Waals surface area contributed by atoms with Gasteiger partial charge < -0.3 is 4.48 Å². The summed E-state index contributed by atoms with van der Waals surface area (Å²) >= 11 is 10.4. The molecule has 0 aliphatic rings. The molecule has 0 aliphatic heterocycles. The van der Waals surface area contributed by atoms with E-state index in [4.69, 9.17) is 28.1 Å². The first-order chi connectivity index (χ1) is 12.9. The van der Waals surface area contributed by atoms with Gasteiger partial charge in [0.2, 0.25) is 0 Å². The topological polar surface area (TPSA) is 57.6 Å². The Morgan fingerprint density at radius 1 is 0.786 bits per heavy atom. The standard InChI is InChI=1S/C16H36N.C4H9Cl2NO3S/c1-5-9-13-17(14-10-6-2,15-11-7-3)16-12-8-4;1-4(2,3-7(5)6)11(8,9)10/h5-16H2,1-4H3;3H2,1-2H3,(H,8,9,10)/q+1;. The Kier molecular flexibility index (Phi) is 17.6. The number of hydrogen-bond donors (Lipinski definition) is 1. The van der Waals surface area contributed by atoms with Gasteiger partial charge in [0.1, 0.15) is 4.75 Å². The molecule has 0 rings (SSSR count). The largest absolute Gasteiger partial charge is 0.324 e. The zero-order valence-electron chi connectivity index (χ0n) is 19.0. The van der Waals surface area contributed by atoms with E-state index in [-0.39, 0.29) is 6.54 Å². The molecule has 0 unspecified atom stereocenters. The lowest BCUT2D eigenvalue weighted by atomic mass is 10.1. The Labute approximate surface area is 185 Å². The second-order valence-electron chi connectivity index (χ2n) is 8.35. The molecule has 28 heavy (non-hydrogen) atoms. The van der Waals surface area contributed by atoms with Crippen molar-refractivity contribution < 1.29 is 17.5 Å². The van der Waals surface area contributed by atoms with Crippen LogP contribution in [0, 0.1) is 0 Å². The summed E-state index contributed by atoms with van der Waals surface area (Å²) in [5, 5.41) is 0. The quantitative estimate of drug-likeness (QED) is 0.176. The van der Waals surface area contributed by atoms with Crippen LogP contribution in [0.3, 0.4) is 0 Å². The lowest BCUT2D eigenvalue weighted by Crippen LogP contribution is -2.50. The fourth-order valence-electron chi connectivity index (χ4n) is 3.01. The zero-order valence-corrected chi connectivity index (χ0v) is 21.3. The first kappa shape index (κ1) is 30.6. The number of halogens is 2. The van der Waals surface area contributed by atoms with E-state index in [1.807, 2.05) is 0 Å². The zero-order chi connectivity index (χ0) is 22.3. The van der Waals surface area contributed by atoms with Crippen molar-refractivity contribution in [1.82, 2.24) is 3.94 Å². The van der Waals surface area contributed by atoms with Crippen LogP contribution < -0.4 is 0 Å². The lowest BCUT2D eigenvalue weighted by molar-refractivity contribution is -0.929. The van der Waals surface area contributed by atoms with Gasteiger partial charge in [0.15, 0.2) is 0 Å². The molecule has 0 saturated carbocycles. The molecule has 0 aromatic heterocycles. The van der Waals surface area contributed by atoms with Gasteiger partial charge in [0.05, 0.1) is 32.7 Å². The highest BCUT2D eigenvalue weighted by Crippen LogP contribution is 2.18. The number of quaternary nitrogens is 1. The fourth-order valence-corrected chi connectivity index (χ4v) is 4.05. The Balaban J connectivity index is 0. The van der Waals surface area contributed by atoms with Crippen LogP contribution in [0.25, 0.3) is 0 Å². The number of rotatable bonds is 15. The maximum Gasteiger partial charge on any atom is 0.271 e. The van der Waals surface area contributed by atoms with Crippen LogP contribution in [-0.2, 0) is 10.1 Å². The van der Waals surface area contributed by atoms with Gasteiger partial charge in [0, 0.05) is 0 Å². The molecule has 5 nitrogen and oxygen atoms in total. The van der Waals surface area contributed by atoms with E-state index in [0.29, 0.717) is 3.94 Å². The van der Waals surface area contributed by atoms with Gasteiger partial charge in [-0.3, -0.25) is 4.55 Å². The van der Waals surface area contributed by atoms with Crippen LogP contribution in [0.1, 0.15) is 92.9 Å². The predicted molar refractivity (Wildman–Crippen MR) is 123 cm³/mol. The van der Waals surface area contributed by atoms with Gasteiger partial charge >= 0.3 is 0 Å². The van der Waals surface area contributed by atoms with Gasteiger partial charge in [-0.15, -0.1) is 3.94 Å². The summed E-state index contributed by atoms with van der Waals surface area (Å²) < 4.78 is 30.6. The van der Waals surface area contributed by atoms with Crippen LogP contribution in [-0.4, -0.2) is 58.9 Å². The maximum atomic E-state index is 10.6. The maximum absolute atomic E-state index is 10.6. The van der Waals surface area contributed by atoms with E-state index in [9.17, 15) is 8.42 Å². The van der Waals surface area contributed by atoms with E-state index in [0.717, 1.165) is 0 Å². The Morgan fingerprint density at radius 3 is 1.21 bits per heavy atom. The van der Waals surface area contributed by atoms with Crippen molar-refractivity contribution in [3.63, 3.8) is 0 Å². The van der Waals surface area contributed by atoms with Gasteiger partial charge in [-0.05, 0) is 63.1 Å². The molecule has 0 fully saturated rings. The molecule has 0 aliphatic carbocycles. The summed E-state index contributed by atoms with van der Waals surface area (Å²) in [5.74, 6) is 0. The SMILES string of the molecule is CC(C)(CN(Cl)Cl)S(=O)(=O)O.CCCC[N+](CCCC)(CCCC)CCCC. The number of nitrogens with zero attached hydrogens (tertiary/aromatic N) is 2. The molecule has 0 saturated heterocycles. The number of hydrogen-bond acceptors (Lipinski definition) is 3. The van der Waals surface area contributed by atoms with Crippen LogP contribution in [0.5, 0.6) is 0 Å². The highest BCUT2D eigenvalue weighted by molar-refractivity contribution is 7.87. The minimum Gasteiger partial charge on any atom is -0.324 e. The molecule has 0 spiro atoms. The molecule has 0 radical (unpaired) electrons. The average molecular weight is 465 g/mol. The monoisotopic (exact) mass is 463 g/mol. The van der Waals surface area contributed by atoms with Crippen molar-refractivity contribution in [3.8, 4) is 0 Å². The van der Waals surface area contributed by atoms with Gasteiger partial charge in [-0.25, -0.2) is 0 Å². The first-order valence-electron chi connectivity index (χ1n) is 10.8. The second kappa shape index (κ2) is 16.1. The van der Waals surface area contributed by atoms with Gasteiger partial charge in [-0.2, -0.15) is 8.42 Å². The van der Waals surface area contributed by atoms with E-state index in [1.54, 1.807) is 0 Å². The molecular formula is C20H45Cl2N2O3S+. The smallest absolute Gasteiger partial charge is 0.271 e. The summed E-state index contributed by atoms with van der Waals surface area (Å²) in [7, 11) is -4.11. The second-order valence-corrected chi connectivity index (χ2v) is 11.4. The third-order valence-corrected chi connectivity index (χ3v) is 6.91. The van der Waals surface area contributed by atoms with Crippen LogP contribution in [0.2, 0.25) is 0 Å². The van der Waals surface area contributed by atoms with Crippen LogP contribution in [0.15, 0.2) is 0 Å². The highest BCUT2D eigenvalue weighted by atomic mass is 35.5. The highest BCUT2D eigenvalue weighted by Gasteiger charge is 2.34. The molecular weight excluding hydrogens is 419 g/mol. The summed E-state index contributed by atoms with van der Waals surface area (Å²) in [6.07, 6.45) is 11.1. The van der Waals surface area contributed by atoms with E-state index in [1.165, 1.54) is 95.9 Å². The van der Waals surface area contributed by atoms with Crippen molar-refractivity contribution in [3.05, 3.63) is 0 Å². The third-order valence-electron chi connectivity index (χ3n) is 5.14. The Morgan fingerprint density at radius 2 is 1.07 bits per heavy atom. The summed E-state index contributed by atoms with van der Waals surface area (Å²) in [4.78, 5) is 0. The average Bonchev–Trinajstić information content (AvgIpc) is 2.59. The molecule has 0 aromatic rings. The number of unbranched alkanes of at least 4 members (excludes halogenated alkanes) is 4. The molecule has 0 aromatic carbocycles. The van der Waals surface area contributed by atoms with Crippen LogP contribution >= 0.6 is 23.6 Å². The van der Waals surface area contributed by atoms with Crippen LogP contribution in [0.4, 0.5) is 0 Å². The molecule has 172 valence electrons. The van der Waals surface area contributed by atoms with Crippen molar-refractivity contribution in [2.24, 2.45) is 0 Å². The molecule has 1 N–H and O–H groups in total. The van der Waals surface area contributed by atoms with Crippen molar-refractivity contribution >= 4 is 33.7 Å². The van der Waals surface area contributed by atoms with Crippen molar-refractivity contribution in [2.75, 3.05) is 32.7 Å². The Hall–Kier alpha value is 0.410. The van der Waals surface area contributed by atoms with E-state index in [2.05, 4.69) is 27.7 Å². The molecule has 8 heteroatoms. The van der Waals surface area contributed by atoms with Crippen molar-refractivity contribution in [1.29, 1.82) is 0 Å². The molecule has 0 amide bonds. The summed E-state index contributed by atoms with van der Waals surface area (Å²) in [6, 6.07) is 0. The first-order valence-corrected chi connectivity index (χ1v) is 12.9. The van der Waals surface area contributed by atoms with Gasteiger partial charge in [-0.1, -0.05) is 53.4 Å².